The summed E-state index contributed by atoms with van der Waals surface area (Å²) in [5.74, 6) is 2.07. The van der Waals surface area contributed by atoms with Gasteiger partial charge in [0.05, 0.1) is 12.8 Å². The molecule has 0 unspecified atom stereocenters. The van der Waals surface area contributed by atoms with Crippen LogP contribution in [-0.4, -0.2) is 41.2 Å². The fourth-order valence-electron chi connectivity index (χ4n) is 3.78. The first kappa shape index (κ1) is 20.1. The van der Waals surface area contributed by atoms with Crippen LogP contribution >= 0.6 is 0 Å². The molecule has 1 fully saturated rings. The Morgan fingerprint density at radius 1 is 1.20 bits per heavy atom. The van der Waals surface area contributed by atoms with Crippen LogP contribution in [0.25, 0.3) is 11.1 Å². The van der Waals surface area contributed by atoms with Crippen molar-refractivity contribution >= 4 is 28.5 Å². The SMILES string of the molecule is COc1cccc(NC(=O)CCc2nc(N3CCCCCC3)c3c(C)noc3n2)c1. The number of ether oxygens (including phenoxy) is 1. The molecule has 158 valence electrons. The van der Waals surface area contributed by atoms with Crippen molar-refractivity contribution in [2.45, 2.75) is 45.4 Å². The van der Waals surface area contributed by atoms with Gasteiger partial charge in [-0.25, -0.2) is 4.98 Å². The molecule has 0 aliphatic carbocycles. The Hall–Kier alpha value is -3.16. The lowest BCUT2D eigenvalue weighted by Gasteiger charge is -2.22. The molecule has 1 aliphatic heterocycles. The Morgan fingerprint density at radius 3 is 2.77 bits per heavy atom. The predicted molar refractivity (Wildman–Crippen MR) is 115 cm³/mol. The van der Waals surface area contributed by atoms with E-state index in [0.717, 1.165) is 42.8 Å². The van der Waals surface area contributed by atoms with Crippen molar-refractivity contribution in [3.8, 4) is 5.75 Å². The standard InChI is InChI=1S/C22H27N5O3/c1-15-20-21(27-12-5-3-4-6-13-27)24-18(25-22(20)30-26-15)10-11-19(28)23-16-8-7-9-17(14-16)29-2/h7-9,14H,3-6,10-13H2,1-2H3,(H,23,28). The van der Waals surface area contributed by atoms with Crippen molar-refractivity contribution in [2.75, 3.05) is 30.4 Å². The van der Waals surface area contributed by atoms with Gasteiger partial charge in [0.1, 0.15) is 22.8 Å². The fourth-order valence-corrected chi connectivity index (χ4v) is 3.78. The van der Waals surface area contributed by atoms with E-state index < -0.39 is 0 Å². The van der Waals surface area contributed by atoms with Crippen LogP contribution in [0.2, 0.25) is 0 Å². The summed E-state index contributed by atoms with van der Waals surface area (Å²) < 4.78 is 10.6. The van der Waals surface area contributed by atoms with Crippen molar-refractivity contribution in [1.29, 1.82) is 0 Å². The molecule has 0 saturated carbocycles. The molecule has 1 saturated heterocycles. The molecule has 2 aromatic heterocycles. The van der Waals surface area contributed by atoms with Gasteiger partial charge in [-0.15, -0.1) is 0 Å². The number of anilines is 2. The van der Waals surface area contributed by atoms with E-state index in [1.807, 2.05) is 25.1 Å². The van der Waals surface area contributed by atoms with E-state index in [2.05, 4.69) is 20.4 Å². The smallest absolute Gasteiger partial charge is 0.263 e. The highest BCUT2D eigenvalue weighted by atomic mass is 16.5. The Labute approximate surface area is 175 Å². The van der Waals surface area contributed by atoms with Crippen LogP contribution in [0.1, 0.15) is 43.6 Å². The fraction of sp³-hybridized carbons (Fsp3) is 0.455. The van der Waals surface area contributed by atoms with Gasteiger partial charge in [0, 0.05) is 37.7 Å². The van der Waals surface area contributed by atoms with Crippen LogP contribution in [-0.2, 0) is 11.2 Å². The number of amides is 1. The first-order valence-electron chi connectivity index (χ1n) is 10.5. The molecular weight excluding hydrogens is 382 g/mol. The molecule has 4 rings (SSSR count). The van der Waals surface area contributed by atoms with Gasteiger partial charge in [-0.1, -0.05) is 24.1 Å². The van der Waals surface area contributed by atoms with E-state index in [4.69, 9.17) is 14.2 Å². The second-order valence-electron chi connectivity index (χ2n) is 7.59. The first-order chi connectivity index (χ1) is 14.6. The number of fused-ring (bicyclic) bond motifs is 1. The van der Waals surface area contributed by atoms with Crippen LogP contribution in [0, 0.1) is 6.92 Å². The minimum absolute atomic E-state index is 0.1000. The third-order valence-electron chi connectivity index (χ3n) is 5.37. The van der Waals surface area contributed by atoms with Gasteiger partial charge in [-0.2, -0.15) is 4.98 Å². The van der Waals surface area contributed by atoms with Crippen LogP contribution in [0.3, 0.4) is 0 Å². The molecule has 0 atom stereocenters. The molecule has 30 heavy (non-hydrogen) atoms. The van der Waals surface area contributed by atoms with Crippen molar-refractivity contribution in [1.82, 2.24) is 15.1 Å². The maximum Gasteiger partial charge on any atom is 0.263 e. The Bertz CT molecular complexity index is 1020. The lowest BCUT2D eigenvalue weighted by molar-refractivity contribution is -0.116. The average Bonchev–Trinajstić information content (AvgIpc) is 2.95. The van der Waals surface area contributed by atoms with Gasteiger partial charge in [0.15, 0.2) is 0 Å². The normalized spacial score (nSPS) is 14.5. The van der Waals surface area contributed by atoms with Gasteiger partial charge in [-0.05, 0) is 31.9 Å². The molecule has 1 aliphatic rings. The largest absolute Gasteiger partial charge is 0.497 e. The zero-order valence-corrected chi connectivity index (χ0v) is 17.5. The minimum atomic E-state index is -0.1000. The van der Waals surface area contributed by atoms with Crippen molar-refractivity contribution in [3.05, 3.63) is 35.8 Å². The van der Waals surface area contributed by atoms with Gasteiger partial charge in [0.25, 0.3) is 5.71 Å². The molecule has 3 heterocycles. The maximum absolute atomic E-state index is 12.4. The third kappa shape index (κ3) is 4.53. The second-order valence-corrected chi connectivity index (χ2v) is 7.59. The summed E-state index contributed by atoms with van der Waals surface area (Å²) in [5.41, 5.74) is 1.99. The predicted octanol–water partition coefficient (Wildman–Crippen LogP) is 3.89. The number of hydrogen-bond acceptors (Lipinski definition) is 7. The average molecular weight is 409 g/mol. The topological polar surface area (TPSA) is 93.4 Å². The number of methoxy groups -OCH3 is 1. The number of carbonyl (C=O) groups is 1. The number of aryl methyl sites for hydroxylation is 2. The molecule has 3 aromatic rings. The third-order valence-corrected chi connectivity index (χ3v) is 5.37. The lowest BCUT2D eigenvalue weighted by Crippen LogP contribution is -2.26. The van der Waals surface area contributed by atoms with E-state index in [-0.39, 0.29) is 12.3 Å². The summed E-state index contributed by atoms with van der Waals surface area (Å²) in [6.07, 6.45) is 5.47. The van der Waals surface area contributed by atoms with E-state index in [0.29, 0.717) is 29.4 Å². The number of benzene rings is 1. The number of rotatable bonds is 6. The number of nitrogens with one attached hydrogen (secondary N) is 1. The number of carbonyl (C=O) groups excluding carboxylic acids is 1. The summed E-state index contributed by atoms with van der Waals surface area (Å²) in [5, 5.41) is 7.86. The maximum atomic E-state index is 12.4. The van der Waals surface area contributed by atoms with E-state index >= 15 is 0 Å². The van der Waals surface area contributed by atoms with Gasteiger partial charge < -0.3 is 19.5 Å². The molecule has 1 amide bonds. The van der Waals surface area contributed by atoms with Gasteiger partial charge in [-0.3, -0.25) is 4.79 Å². The Kier molecular flexibility index (Phi) is 6.11. The molecule has 0 spiro atoms. The van der Waals surface area contributed by atoms with Crippen LogP contribution in [0.4, 0.5) is 11.5 Å². The summed E-state index contributed by atoms with van der Waals surface area (Å²) in [6, 6.07) is 7.29. The summed E-state index contributed by atoms with van der Waals surface area (Å²) in [4.78, 5) is 24.1. The molecule has 0 radical (unpaired) electrons. The van der Waals surface area contributed by atoms with Crippen molar-refractivity contribution < 1.29 is 14.1 Å². The highest BCUT2D eigenvalue weighted by molar-refractivity contribution is 5.91. The van der Waals surface area contributed by atoms with E-state index in [1.165, 1.54) is 12.8 Å². The number of aromatic nitrogens is 3. The zero-order valence-electron chi connectivity index (χ0n) is 17.5. The Balaban J connectivity index is 1.50. The second kappa shape index (κ2) is 9.11. The van der Waals surface area contributed by atoms with E-state index in [9.17, 15) is 4.79 Å². The Morgan fingerprint density at radius 2 is 2.00 bits per heavy atom. The van der Waals surface area contributed by atoms with Crippen LogP contribution in [0.5, 0.6) is 5.75 Å². The number of nitrogens with zero attached hydrogens (tertiary/aromatic N) is 4. The lowest BCUT2D eigenvalue weighted by atomic mass is 10.2. The number of hydrogen-bond donors (Lipinski definition) is 1. The monoisotopic (exact) mass is 409 g/mol. The molecular formula is C22H27N5O3. The summed E-state index contributed by atoms with van der Waals surface area (Å²) in [7, 11) is 1.60. The van der Waals surface area contributed by atoms with Gasteiger partial charge in [0.2, 0.25) is 5.91 Å². The summed E-state index contributed by atoms with van der Waals surface area (Å²) >= 11 is 0. The molecule has 8 heteroatoms. The highest BCUT2D eigenvalue weighted by Gasteiger charge is 2.21. The zero-order chi connectivity index (χ0) is 20.9. The first-order valence-corrected chi connectivity index (χ1v) is 10.5. The van der Waals surface area contributed by atoms with Crippen LogP contribution in [0.15, 0.2) is 28.8 Å². The van der Waals surface area contributed by atoms with Crippen molar-refractivity contribution in [3.63, 3.8) is 0 Å². The summed E-state index contributed by atoms with van der Waals surface area (Å²) in [6.45, 7) is 3.84. The highest BCUT2D eigenvalue weighted by Crippen LogP contribution is 2.29. The molecule has 1 N–H and O–H groups in total. The van der Waals surface area contributed by atoms with E-state index in [1.54, 1.807) is 13.2 Å². The quantitative estimate of drug-likeness (QED) is 0.660. The van der Waals surface area contributed by atoms with Gasteiger partial charge >= 0.3 is 0 Å². The minimum Gasteiger partial charge on any atom is -0.497 e. The molecule has 8 nitrogen and oxygen atoms in total. The molecule has 0 bridgehead atoms. The van der Waals surface area contributed by atoms with Crippen LogP contribution < -0.4 is 15.0 Å². The molecule has 1 aromatic carbocycles. The van der Waals surface area contributed by atoms with Crippen molar-refractivity contribution in [2.24, 2.45) is 0 Å².